The van der Waals surface area contributed by atoms with Crippen molar-refractivity contribution in [2.75, 3.05) is 0 Å². The minimum absolute atomic E-state index is 0.0312. The second-order valence-electron chi connectivity index (χ2n) is 5.40. The van der Waals surface area contributed by atoms with Crippen molar-refractivity contribution in [1.82, 2.24) is 19.9 Å². The number of nitrogens with one attached hydrogen (secondary N) is 1. The third-order valence-electron chi connectivity index (χ3n) is 3.63. The molecule has 3 rings (SSSR count). The van der Waals surface area contributed by atoms with E-state index >= 15 is 0 Å². The summed E-state index contributed by atoms with van der Waals surface area (Å²) in [5.74, 6) is 0.538. The minimum Gasteiger partial charge on any atom is -0.388 e. The summed E-state index contributed by atoms with van der Waals surface area (Å²) in [6, 6.07) is 12.9. The Kier molecular flexibility index (Phi) is 4.98. The van der Waals surface area contributed by atoms with Crippen LogP contribution < -0.4 is 5.32 Å². The average molecular weight is 322 g/mol. The van der Waals surface area contributed by atoms with Gasteiger partial charge in [-0.25, -0.2) is 9.97 Å². The molecule has 0 spiro atoms. The van der Waals surface area contributed by atoms with Crippen LogP contribution in [0.5, 0.6) is 0 Å². The molecular weight excluding hydrogens is 304 g/mol. The molecule has 1 unspecified atom stereocenters. The first-order valence-corrected chi connectivity index (χ1v) is 7.65. The summed E-state index contributed by atoms with van der Waals surface area (Å²) in [6.45, 7) is 0.380. The Bertz CT molecular complexity index is 788. The molecular formula is C18H18N4O2. The Morgan fingerprint density at radius 3 is 2.79 bits per heavy atom. The number of aromatic nitrogens is 3. The first kappa shape index (κ1) is 15.9. The van der Waals surface area contributed by atoms with Crippen molar-refractivity contribution in [3.63, 3.8) is 0 Å². The number of nitrogens with zero attached hydrogens (tertiary/aromatic N) is 3. The van der Waals surface area contributed by atoms with Crippen molar-refractivity contribution in [2.45, 2.75) is 19.1 Å². The van der Waals surface area contributed by atoms with Gasteiger partial charge in [0, 0.05) is 25.1 Å². The number of aliphatic hydroxyl groups excluding tert-OH is 1. The molecule has 1 atom stereocenters. The minimum atomic E-state index is -0.801. The number of rotatable bonds is 6. The Labute approximate surface area is 139 Å². The first-order valence-electron chi connectivity index (χ1n) is 7.65. The van der Waals surface area contributed by atoms with Gasteiger partial charge in [0.05, 0.1) is 12.5 Å². The van der Waals surface area contributed by atoms with Gasteiger partial charge in [0.25, 0.3) is 0 Å². The second kappa shape index (κ2) is 7.52. The van der Waals surface area contributed by atoms with Crippen LogP contribution in [0.4, 0.5) is 0 Å². The highest BCUT2D eigenvalue weighted by Crippen LogP contribution is 2.15. The van der Waals surface area contributed by atoms with Crippen LogP contribution in [0.25, 0.3) is 5.82 Å². The lowest BCUT2D eigenvalue weighted by molar-refractivity contribution is -0.123. The topological polar surface area (TPSA) is 80.0 Å². The highest BCUT2D eigenvalue weighted by molar-refractivity contribution is 5.76. The highest BCUT2D eigenvalue weighted by Gasteiger charge is 2.12. The molecule has 1 amide bonds. The van der Waals surface area contributed by atoms with E-state index in [2.05, 4.69) is 15.3 Å². The van der Waals surface area contributed by atoms with Crippen LogP contribution in [0.1, 0.15) is 23.7 Å². The van der Waals surface area contributed by atoms with Crippen molar-refractivity contribution in [1.29, 1.82) is 0 Å². The predicted octanol–water partition coefficient (Wildman–Crippen LogP) is 2.01. The number of hydrogen-bond donors (Lipinski definition) is 2. The number of carbonyl (C=O) groups is 1. The summed E-state index contributed by atoms with van der Waals surface area (Å²) in [4.78, 5) is 20.3. The zero-order chi connectivity index (χ0) is 16.8. The zero-order valence-electron chi connectivity index (χ0n) is 13.0. The van der Waals surface area contributed by atoms with Crippen molar-refractivity contribution in [3.8, 4) is 5.82 Å². The van der Waals surface area contributed by atoms with Crippen LogP contribution in [0.3, 0.4) is 0 Å². The quantitative estimate of drug-likeness (QED) is 0.727. The molecule has 0 aliphatic carbocycles. The number of hydrogen-bond acceptors (Lipinski definition) is 4. The van der Waals surface area contributed by atoms with Gasteiger partial charge in [-0.2, -0.15) is 0 Å². The molecule has 122 valence electrons. The van der Waals surface area contributed by atoms with E-state index < -0.39 is 6.10 Å². The number of aliphatic hydroxyl groups is 1. The van der Waals surface area contributed by atoms with Gasteiger partial charge in [-0.3, -0.25) is 9.36 Å². The monoisotopic (exact) mass is 322 g/mol. The number of pyridine rings is 1. The molecule has 3 aromatic rings. The lowest BCUT2D eigenvalue weighted by atomic mass is 10.1. The van der Waals surface area contributed by atoms with E-state index in [1.807, 2.05) is 30.3 Å². The van der Waals surface area contributed by atoms with Crippen LogP contribution in [0.15, 0.2) is 67.4 Å². The molecule has 0 saturated heterocycles. The third kappa shape index (κ3) is 4.05. The van der Waals surface area contributed by atoms with Crippen LogP contribution in [-0.4, -0.2) is 25.5 Å². The molecule has 2 aromatic heterocycles. The second-order valence-corrected chi connectivity index (χ2v) is 5.40. The molecule has 0 bridgehead atoms. The third-order valence-corrected chi connectivity index (χ3v) is 3.63. The number of amides is 1. The Morgan fingerprint density at radius 2 is 2.04 bits per heavy atom. The maximum atomic E-state index is 12.0. The summed E-state index contributed by atoms with van der Waals surface area (Å²) < 4.78 is 1.80. The fourth-order valence-electron chi connectivity index (χ4n) is 2.35. The SMILES string of the molecule is O=C(CC(O)c1ccccc1)NCc1ccnc(-n2ccnc2)c1. The van der Waals surface area contributed by atoms with E-state index in [4.69, 9.17) is 0 Å². The van der Waals surface area contributed by atoms with Gasteiger partial charge in [0.2, 0.25) is 5.91 Å². The van der Waals surface area contributed by atoms with E-state index in [0.717, 1.165) is 16.9 Å². The molecule has 0 aliphatic rings. The van der Waals surface area contributed by atoms with Crippen molar-refractivity contribution in [3.05, 3.63) is 78.5 Å². The normalized spacial score (nSPS) is 11.9. The number of imidazole rings is 1. The fourth-order valence-corrected chi connectivity index (χ4v) is 2.35. The number of benzene rings is 1. The Morgan fingerprint density at radius 1 is 1.21 bits per heavy atom. The van der Waals surface area contributed by atoms with Gasteiger partial charge in [0.1, 0.15) is 12.1 Å². The first-order chi connectivity index (χ1) is 11.7. The lowest BCUT2D eigenvalue weighted by Crippen LogP contribution is -2.24. The lowest BCUT2D eigenvalue weighted by Gasteiger charge is -2.11. The van der Waals surface area contributed by atoms with Gasteiger partial charge in [-0.15, -0.1) is 0 Å². The average Bonchev–Trinajstić information content (AvgIpc) is 3.16. The molecule has 1 aromatic carbocycles. The molecule has 2 heterocycles. The highest BCUT2D eigenvalue weighted by atomic mass is 16.3. The van der Waals surface area contributed by atoms with Gasteiger partial charge >= 0.3 is 0 Å². The van der Waals surface area contributed by atoms with E-state index in [0.29, 0.717) is 6.54 Å². The number of carbonyl (C=O) groups excluding carboxylic acids is 1. The molecule has 6 nitrogen and oxygen atoms in total. The maximum absolute atomic E-state index is 12.0. The fraction of sp³-hybridized carbons (Fsp3) is 0.167. The maximum Gasteiger partial charge on any atom is 0.223 e. The van der Waals surface area contributed by atoms with E-state index in [1.165, 1.54) is 0 Å². The van der Waals surface area contributed by atoms with Crippen molar-refractivity contribution < 1.29 is 9.90 Å². The summed E-state index contributed by atoms with van der Waals surface area (Å²) >= 11 is 0. The smallest absolute Gasteiger partial charge is 0.223 e. The largest absolute Gasteiger partial charge is 0.388 e. The predicted molar refractivity (Wildman–Crippen MR) is 89.2 cm³/mol. The molecule has 6 heteroatoms. The van der Waals surface area contributed by atoms with Crippen LogP contribution >= 0.6 is 0 Å². The van der Waals surface area contributed by atoms with Crippen molar-refractivity contribution >= 4 is 5.91 Å². The molecule has 0 fully saturated rings. The summed E-state index contributed by atoms with van der Waals surface area (Å²) in [5, 5.41) is 12.9. The van der Waals surface area contributed by atoms with E-state index in [1.54, 1.807) is 41.6 Å². The van der Waals surface area contributed by atoms with Gasteiger partial charge < -0.3 is 10.4 Å². The molecule has 2 N–H and O–H groups in total. The van der Waals surface area contributed by atoms with E-state index in [-0.39, 0.29) is 12.3 Å². The van der Waals surface area contributed by atoms with Crippen LogP contribution in [0.2, 0.25) is 0 Å². The Balaban J connectivity index is 1.56. The Hall–Kier alpha value is -2.99. The summed E-state index contributed by atoms with van der Waals surface area (Å²) in [6.07, 6.45) is 6.08. The van der Waals surface area contributed by atoms with Gasteiger partial charge in [0.15, 0.2) is 0 Å². The van der Waals surface area contributed by atoms with E-state index in [9.17, 15) is 9.90 Å². The molecule has 24 heavy (non-hydrogen) atoms. The van der Waals surface area contributed by atoms with Crippen molar-refractivity contribution in [2.24, 2.45) is 0 Å². The standard InChI is InChI=1S/C18H18N4O2/c23-16(15-4-2-1-3-5-15)11-18(24)21-12-14-6-7-20-17(10-14)22-9-8-19-13-22/h1-10,13,16,23H,11-12H2,(H,21,24). The van der Waals surface area contributed by atoms with Crippen LogP contribution in [0, 0.1) is 0 Å². The van der Waals surface area contributed by atoms with Gasteiger partial charge in [-0.05, 0) is 23.3 Å². The summed E-state index contributed by atoms with van der Waals surface area (Å²) in [7, 11) is 0. The molecule has 0 saturated carbocycles. The molecule has 0 aliphatic heterocycles. The van der Waals surface area contributed by atoms with Crippen LogP contribution in [-0.2, 0) is 11.3 Å². The molecule has 0 radical (unpaired) electrons. The van der Waals surface area contributed by atoms with Gasteiger partial charge in [-0.1, -0.05) is 30.3 Å². The summed E-state index contributed by atoms with van der Waals surface area (Å²) in [5.41, 5.74) is 1.66. The zero-order valence-corrected chi connectivity index (χ0v) is 13.0.